The van der Waals surface area contributed by atoms with E-state index < -0.39 is 33.1 Å². The van der Waals surface area contributed by atoms with Gasteiger partial charge >= 0.3 is 6.36 Å². The highest BCUT2D eigenvalue weighted by molar-refractivity contribution is 7.89. The number of aromatic nitrogens is 2. The van der Waals surface area contributed by atoms with Crippen LogP contribution < -0.4 is 9.46 Å². The number of alkyl halides is 3. The zero-order valence-electron chi connectivity index (χ0n) is 15.3. The molecule has 0 saturated carbocycles. The summed E-state index contributed by atoms with van der Waals surface area (Å²) in [4.78, 5) is 6.68. The first-order chi connectivity index (χ1) is 13.7. The van der Waals surface area contributed by atoms with Crippen molar-refractivity contribution >= 4 is 10.0 Å². The molecular weight excluding hydrogens is 407 g/mol. The van der Waals surface area contributed by atoms with Gasteiger partial charge in [-0.2, -0.15) is 0 Å². The maximum Gasteiger partial charge on any atom is 0.573 e. The van der Waals surface area contributed by atoms with E-state index in [-0.39, 0.29) is 0 Å². The molecule has 3 aromatic rings. The van der Waals surface area contributed by atoms with Crippen molar-refractivity contribution < 1.29 is 26.3 Å². The lowest BCUT2D eigenvalue weighted by molar-refractivity contribution is -0.275. The van der Waals surface area contributed by atoms with Crippen LogP contribution in [0.2, 0.25) is 0 Å². The third-order valence-electron chi connectivity index (χ3n) is 4.08. The van der Waals surface area contributed by atoms with Gasteiger partial charge in [0, 0.05) is 0 Å². The van der Waals surface area contributed by atoms with E-state index in [9.17, 15) is 21.6 Å². The van der Waals surface area contributed by atoms with Crippen molar-refractivity contribution in [2.75, 3.05) is 0 Å². The fourth-order valence-electron chi connectivity index (χ4n) is 2.74. The van der Waals surface area contributed by atoms with Crippen molar-refractivity contribution in [3.05, 3.63) is 66.6 Å². The summed E-state index contributed by atoms with van der Waals surface area (Å²) in [5, 5.41) is 0. The minimum atomic E-state index is -5.01. The SMILES string of the molecule is CCC(NS(=O)(=O)c1ccccc1OC(F)(F)F)c1ncc(-c2ccccc2)[nH]1. The molecule has 1 atom stereocenters. The van der Waals surface area contributed by atoms with Crippen molar-refractivity contribution in [1.82, 2.24) is 14.7 Å². The minimum Gasteiger partial charge on any atom is -0.404 e. The van der Waals surface area contributed by atoms with E-state index in [1.807, 2.05) is 30.3 Å². The highest BCUT2D eigenvalue weighted by Gasteiger charge is 2.34. The molecule has 0 aliphatic heterocycles. The number of benzene rings is 2. The van der Waals surface area contributed by atoms with Crippen LogP contribution >= 0.6 is 0 Å². The molecule has 10 heteroatoms. The summed E-state index contributed by atoms with van der Waals surface area (Å²) in [6.45, 7) is 1.73. The molecule has 154 valence electrons. The van der Waals surface area contributed by atoms with E-state index in [0.29, 0.717) is 17.9 Å². The Hall–Kier alpha value is -2.85. The van der Waals surface area contributed by atoms with Gasteiger partial charge in [-0.25, -0.2) is 18.1 Å². The molecule has 0 radical (unpaired) electrons. The zero-order valence-corrected chi connectivity index (χ0v) is 16.1. The lowest BCUT2D eigenvalue weighted by Gasteiger charge is -2.17. The van der Waals surface area contributed by atoms with Crippen LogP contribution in [0, 0.1) is 0 Å². The fourth-order valence-corrected chi connectivity index (χ4v) is 4.15. The van der Waals surface area contributed by atoms with Crippen LogP contribution in [-0.4, -0.2) is 24.7 Å². The number of imidazole rings is 1. The van der Waals surface area contributed by atoms with Crippen molar-refractivity contribution in [3.63, 3.8) is 0 Å². The molecule has 0 spiro atoms. The summed E-state index contributed by atoms with van der Waals surface area (Å²) < 4.78 is 69.6. The summed E-state index contributed by atoms with van der Waals surface area (Å²) in [7, 11) is -4.31. The molecule has 2 N–H and O–H groups in total. The number of aromatic amines is 1. The second-order valence-electron chi connectivity index (χ2n) is 6.12. The minimum absolute atomic E-state index is 0.323. The fraction of sp³-hybridized carbons (Fsp3) is 0.211. The summed E-state index contributed by atoms with van der Waals surface area (Å²) in [5.74, 6) is -0.448. The van der Waals surface area contributed by atoms with Crippen molar-refractivity contribution in [1.29, 1.82) is 0 Å². The van der Waals surface area contributed by atoms with E-state index in [2.05, 4.69) is 19.4 Å². The Morgan fingerprint density at radius 1 is 1.10 bits per heavy atom. The number of rotatable bonds is 7. The first-order valence-electron chi connectivity index (χ1n) is 8.67. The third-order valence-corrected chi connectivity index (χ3v) is 5.59. The zero-order chi connectivity index (χ0) is 21.1. The number of hydrogen-bond acceptors (Lipinski definition) is 4. The average Bonchev–Trinajstić information content (AvgIpc) is 3.16. The predicted molar refractivity (Wildman–Crippen MR) is 101 cm³/mol. The maximum absolute atomic E-state index is 12.8. The number of nitrogens with one attached hydrogen (secondary N) is 2. The third kappa shape index (κ3) is 5.15. The Morgan fingerprint density at radius 2 is 1.76 bits per heavy atom. The molecule has 1 aromatic heterocycles. The summed E-state index contributed by atoms with van der Waals surface area (Å²) >= 11 is 0. The van der Waals surface area contributed by atoms with Gasteiger partial charge in [0.2, 0.25) is 10.0 Å². The number of hydrogen-bond donors (Lipinski definition) is 2. The van der Waals surface area contributed by atoms with Crippen LogP contribution in [0.25, 0.3) is 11.3 Å². The number of nitrogens with zero attached hydrogens (tertiary/aromatic N) is 1. The van der Waals surface area contributed by atoms with E-state index in [1.165, 1.54) is 12.1 Å². The second kappa shape index (κ2) is 8.26. The quantitative estimate of drug-likeness (QED) is 0.588. The van der Waals surface area contributed by atoms with Crippen LogP contribution in [-0.2, 0) is 10.0 Å². The Balaban J connectivity index is 1.87. The highest BCUT2D eigenvalue weighted by atomic mass is 32.2. The molecular formula is C19H18F3N3O3S. The van der Waals surface area contributed by atoms with Crippen LogP contribution in [0.15, 0.2) is 65.7 Å². The van der Waals surface area contributed by atoms with Crippen molar-refractivity contribution in [3.8, 4) is 17.0 Å². The molecule has 0 amide bonds. The first-order valence-corrected chi connectivity index (χ1v) is 10.2. The molecule has 1 heterocycles. The first kappa shape index (κ1) is 20.9. The summed E-state index contributed by atoms with van der Waals surface area (Å²) in [6, 6.07) is 13.1. The van der Waals surface area contributed by atoms with Crippen LogP contribution in [0.5, 0.6) is 5.75 Å². The summed E-state index contributed by atoms with van der Waals surface area (Å²) in [6.07, 6.45) is -3.12. The lowest BCUT2D eigenvalue weighted by Crippen LogP contribution is -2.30. The number of ether oxygens (including phenoxy) is 1. The molecule has 2 aromatic carbocycles. The Labute approximate surface area is 165 Å². The smallest absolute Gasteiger partial charge is 0.404 e. The Kier molecular flexibility index (Phi) is 5.94. The molecule has 29 heavy (non-hydrogen) atoms. The molecule has 0 fully saturated rings. The molecule has 0 aliphatic carbocycles. The molecule has 6 nitrogen and oxygen atoms in total. The number of halogens is 3. The van der Waals surface area contributed by atoms with Gasteiger partial charge in [0.05, 0.1) is 17.9 Å². The normalized spacial score (nSPS) is 13.2. The highest BCUT2D eigenvalue weighted by Crippen LogP contribution is 2.30. The Bertz CT molecular complexity index is 1070. The van der Waals surface area contributed by atoms with E-state index in [4.69, 9.17) is 0 Å². The van der Waals surface area contributed by atoms with Gasteiger partial charge in [-0.15, -0.1) is 13.2 Å². The maximum atomic E-state index is 12.8. The topological polar surface area (TPSA) is 84.1 Å². The molecule has 0 saturated heterocycles. The van der Waals surface area contributed by atoms with Crippen LogP contribution in [0.3, 0.4) is 0 Å². The van der Waals surface area contributed by atoms with Crippen LogP contribution in [0.1, 0.15) is 25.2 Å². The van der Waals surface area contributed by atoms with Crippen LogP contribution in [0.4, 0.5) is 13.2 Å². The standard InChI is InChI=1S/C19H18F3N3O3S/c1-2-14(18-23-12-15(24-18)13-8-4-3-5-9-13)25-29(26,27)17-11-7-6-10-16(17)28-19(20,21)22/h3-12,14,25H,2H2,1H3,(H,23,24). The van der Waals surface area contributed by atoms with Crippen molar-refractivity contribution in [2.24, 2.45) is 0 Å². The molecule has 3 rings (SSSR count). The molecule has 0 aliphatic rings. The molecule has 1 unspecified atom stereocenters. The number of para-hydroxylation sites is 1. The predicted octanol–water partition coefficient (Wildman–Crippen LogP) is 4.40. The van der Waals surface area contributed by atoms with E-state index >= 15 is 0 Å². The summed E-state index contributed by atoms with van der Waals surface area (Å²) in [5.41, 5.74) is 1.56. The van der Waals surface area contributed by atoms with Gasteiger partial charge in [0.1, 0.15) is 16.5 Å². The second-order valence-corrected chi connectivity index (χ2v) is 7.81. The van der Waals surface area contributed by atoms with Gasteiger partial charge in [-0.3, -0.25) is 0 Å². The largest absolute Gasteiger partial charge is 0.573 e. The van der Waals surface area contributed by atoms with Crippen molar-refractivity contribution in [2.45, 2.75) is 30.6 Å². The van der Waals surface area contributed by atoms with E-state index in [1.54, 1.807) is 13.1 Å². The number of sulfonamides is 1. The number of H-pyrrole nitrogens is 1. The van der Waals surface area contributed by atoms with Gasteiger partial charge in [0.15, 0.2) is 0 Å². The Morgan fingerprint density at radius 3 is 2.41 bits per heavy atom. The monoisotopic (exact) mass is 425 g/mol. The van der Waals surface area contributed by atoms with Gasteiger partial charge in [-0.1, -0.05) is 49.4 Å². The molecule has 0 bridgehead atoms. The van der Waals surface area contributed by atoms with Gasteiger partial charge in [-0.05, 0) is 24.1 Å². The van der Waals surface area contributed by atoms with E-state index in [0.717, 1.165) is 17.7 Å². The average molecular weight is 425 g/mol. The lowest BCUT2D eigenvalue weighted by atomic mass is 10.2. The van der Waals surface area contributed by atoms with Gasteiger partial charge in [0.25, 0.3) is 0 Å². The van der Waals surface area contributed by atoms with Gasteiger partial charge < -0.3 is 9.72 Å².